The van der Waals surface area contributed by atoms with Gasteiger partial charge in [0.05, 0.1) is 11.1 Å². The molecule has 0 spiro atoms. The third-order valence-corrected chi connectivity index (χ3v) is 4.52. The zero-order valence-corrected chi connectivity index (χ0v) is 12.7. The molecule has 21 heavy (non-hydrogen) atoms. The highest BCUT2D eigenvalue weighted by Gasteiger charge is 2.31. The van der Waals surface area contributed by atoms with E-state index in [4.69, 9.17) is 0 Å². The van der Waals surface area contributed by atoms with E-state index in [1.165, 1.54) is 17.4 Å². The van der Waals surface area contributed by atoms with Crippen molar-refractivity contribution in [1.29, 1.82) is 0 Å². The lowest BCUT2D eigenvalue weighted by atomic mass is 9.79. The zero-order valence-electron chi connectivity index (χ0n) is 12.7. The molecular weight excluding hydrogens is 260 g/mol. The molecule has 3 heteroatoms. The van der Waals surface area contributed by atoms with Crippen molar-refractivity contribution in [1.82, 2.24) is 10.3 Å². The van der Waals surface area contributed by atoms with Gasteiger partial charge in [-0.3, -0.25) is 4.98 Å². The Hall–Kier alpha value is -1.45. The second-order valence-electron chi connectivity index (χ2n) is 6.56. The van der Waals surface area contributed by atoms with Gasteiger partial charge in [-0.1, -0.05) is 31.9 Å². The Morgan fingerprint density at radius 3 is 3.14 bits per heavy atom. The number of benzene rings is 1. The van der Waals surface area contributed by atoms with Gasteiger partial charge in [-0.2, -0.15) is 0 Å². The molecule has 1 aliphatic rings. The van der Waals surface area contributed by atoms with E-state index < -0.39 is 5.60 Å². The minimum absolute atomic E-state index is 0.518. The largest absolute Gasteiger partial charge is 0.389 e. The van der Waals surface area contributed by atoms with Crippen LogP contribution < -0.4 is 5.32 Å². The molecule has 2 atom stereocenters. The molecular formula is C18H24N2O. The first-order valence-corrected chi connectivity index (χ1v) is 7.91. The molecule has 1 aliphatic carbocycles. The van der Waals surface area contributed by atoms with Crippen LogP contribution in [-0.2, 0) is 6.54 Å². The molecule has 0 aliphatic heterocycles. The molecule has 1 fully saturated rings. The van der Waals surface area contributed by atoms with Gasteiger partial charge in [0.15, 0.2) is 0 Å². The van der Waals surface area contributed by atoms with E-state index in [-0.39, 0.29) is 0 Å². The monoisotopic (exact) mass is 284 g/mol. The summed E-state index contributed by atoms with van der Waals surface area (Å²) in [5.74, 6) is 0.636. The molecule has 0 radical (unpaired) electrons. The van der Waals surface area contributed by atoms with Crippen LogP contribution in [-0.4, -0.2) is 22.2 Å². The molecule has 1 aromatic heterocycles. The first kappa shape index (κ1) is 14.5. The summed E-state index contributed by atoms with van der Waals surface area (Å²) in [7, 11) is 0. The Morgan fingerprint density at radius 1 is 1.38 bits per heavy atom. The summed E-state index contributed by atoms with van der Waals surface area (Å²) < 4.78 is 0. The van der Waals surface area contributed by atoms with Gasteiger partial charge in [-0.05, 0) is 42.5 Å². The number of aliphatic hydroxyl groups is 1. The predicted molar refractivity (Wildman–Crippen MR) is 86.0 cm³/mol. The molecule has 1 heterocycles. The van der Waals surface area contributed by atoms with Gasteiger partial charge < -0.3 is 10.4 Å². The van der Waals surface area contributed by atoms with Crippen LogP contribution in [0.4, 0.5) is 0 Å². The fraction of sp³-hybridized carbons (Fsp3) is 0.500. The normalized spacial score (nSPS) is 26.1. The van der Waals surface area contributed by atoms with Crippen LogP contribution in [0.25, 0.3) is 10.9 Å². The van der Waals surface area contributed by atoms with E-state index in [0.717, 1.165) is 31.3 Å². The van der Waals surface area contributed by atoms with Crippen molar-refractivity contribution < 1.29 is 5.11 Å². The molecule has 3 rings (SSSR count). The topological polar surface area (TPSA) is 45.1 Å². The van der Waals surface area contributed by atoms with Gasteiger partial charge >= 0.3 is 0 Å². The minimum atomic E-state index is -0.518. The number of hydrogen-bond acceptors (Lipinski definition) is 3. The summed E-state index contributed by atoms with van der Waals surface area (Å²) in [6, 6.07) is 10.4. The number of aromatic nitrogens is 1. The van der Waals surface area contributed by atoms with Crippen molar-refractivity contribution in [3.8, 4) is 0 Å². The minimum Gasteiger partial charge on any atom is -0.389 e. The molecule has 2 unspecified atom stereocenters. The van der Waals surface area contributed by atoms with Crippen molar-refractivity contribution in [2.45, 2.75) is 44.8 Å². The van der Waals surface area contributed by atoms with E-state index in [1.807, 2.05) is 12.3 Å². The standard InChI is InChI=1S/C18H24N2O/c1-14-4-2-8-18(21,11-14)13-19-12-15-6-7-17-16(10-15)5-3-9-20-17/h3,5-7,9-10,14,19,21H,2,4,8,11-13H2,1H3. The summed E-state index contributed by atoms with van der Waals surface area (Å²) in [4.78, 5) is 4.33. The van der Waals surface area contributed by atoms with E-state index in [0.29, 0.717) is 12.5 Å². The third-order valence-electron chi connectivity index (χ3n) is 4.52. The molecule has 1 aromatic carbocycles. The van der Waals surface area contributed by atoms with Crippen molar-refractivity contribution in [3.05, 3.63) is 42.1 Å². The van der Waals surface area contributed by atoms with E-state index >= 15 is 0 Å². The lowest BCUT2D eigenvalue weighted by Gasteiger charge is -2.35. The predicted octanol–water partition coefficient (Wildman–Crippen LogP) is 3.27. The Bertz CT molecular complexity index is 613. The van der Waals surface area contributed by atoms with Gasteiger partial charge in [0, 0.05) is 24.7 Å². The Balaban J connectivity index is 1.59. The van der Waals surface area contributed by atoms with Crippen LogP contribution in [0.1, 0.15) is 38.2 Å². The molecule has 2 aromatic rings. The quantitative estimate of drug-likeness (QED) is 0.905. The van der Waals surface area contributed by atoms with Crippen LogP contribution in [0.5, 0.6) is 0 Å². The Labute approximate surface area is 126 Å². The molecule has 1 saturated carbocycles. The number of nitrogens with one attached hydrogen (secondary N) is 1. The van der Waals surface area contributed by atoms with Gasteiger partial charge in [0.25, 0.3) is 0 Å². The van der Waals surface area contributed by atoms with Crippen LogP contribution in [0.15, 0.2) is 36.5 Å². The zero-order chi connectivity index (χ0) is 14.7. The smallest absolute Gasteiger partial charge is 0.0774 e. The molecule has 3 nitrogen and oxygen atoms in total. The number of pyridine rings is 1. The summed E-state index contributed by atoms with van der Waals surface area (Å²) in [5.41, 5.74) is 1.75. The number of rotatable bonds is 4. The first-order valence-electron chi connectivity index (χ1n) is 7.91. The summed E-state index contributed by atoms with van der Waals surface area (Å²) >= 11 is 0. The van der Waals surface area contributed by atoms with E-state index in [2.05, 4.69) is 41.5 Å². The second-order valence-corrected chi connectivity index (χ2v) is 6.56. The van der Waals surface area contributed by atoms with Crippen molar-refractivity contribution >= 4 is 10.9 Å². The fourth-order valence-electron chi connectivity index (χ4n) is 3.47. The molecule has 0 bridgehead atoms. The average Bonchev–Trinajstić information content (AvgIpc) is 2.47. The van der Waals surface area contributed by atoms with Gasteiger partial charge in [-0.15, -0.1) is 0 Å². The van der Waals surface area contributed by atoms with Crippen LogP contribution in [0.3, 0.4) is 0 Å². The summed E-state index contributed by atoms with van der Waals surface area (Å²) in [6.45, 7) is 3.71. The van der Waals surface area contributed by atoms with Crippen LogP contribution in [0, 0.1) is 5.92 Å². The highest BCUT2D eigenvalue weighted by molar-refractivity contribution is 5.78. The highest BCUT2D eigenvalue weighted by atomic mass is 16.3. The third kappa shape index (κ3) is 3.60. The van der Waals surface area contributed by atoms with E-state index in [9.17, 15) is 5.11 Å². The Kier molecular flexibility index (Phi) is 4.22. The van der Waals surface area contributed by atoms with Crippen molar-refractivity contribution in [2.75, 3.05) is 6.54 Å². The van der Waals surface area contributed by atoms with Crippen LogP contribution >= 0.6 is 0 Å². The Morgan fingerprint density at radius 2 is 2.29 bits per heavy atom. The maximum atomic E-state index is 10.6. The van der Waals surface area contributed by atoms with Crippen molar-refractivity contribution in [3.63, 3.8) is 0 Å². The number of fused-ring (bicyclic) bond motifs is 1. The maximum Gasteiger partial charge on any atom is 0.0774 e. The molecule has 0 saturated heterocycles. The SMILES string of the molecule is CC1CCCC(O)(CNCc2ccc3ncccc3c2)C1. The van der Waals surface area contributed by atoms with Gasteiger partial charge in [0.2, 0.25) is 0 Å². The summed E-state index contributed by atoms with van der Waals surface area (Å²) in [5, 5.41) is 15.2. The summed E-state index contributed by atoms with van der Waals surface area (Å²) in [6.07, 6.45) is 6.05. The second kappa shape index (κ2) is 6.12. The van der Waals surface area contributed by atoms with Crippen molar-refractivity contribution in [2.24, 2.45) is 5.92 Å². The highest BCUT2D eigenvalue weighted by Crippen LogP contribution is 2.31. The van der Waals surface area contributed by atoms with Gasteiger partial charge in [-0.25, -0.2) is 0 Å². The number of nitrogens with zero attached hydrogens (tertiary/aromatic N) is 1. The first-order chi connectivity index (χ1) is 10.1. The lowest BCUT2D eigenvalue weighted by molar-refractivity contribution is -0.0119. The van der Waals surface area contributed by atoms with E-state index in [1.54, 1.807) is 0 Å². The van der Waals surface area contributed by atoms with Crippen LogP contribution in [0.2, 0.25) is 0 Å². The van der Waals surface area contributed by atoms with Gasteiger partial charge in [0.1, 0.15) is 0 Å². The number of hydrogen-bond donors (Lipinski definition) is 2. The fourth-order valence-corrected chi connectivity index (χ4v) is 3.47. The molecule has 112 valence electrons. The molecule has 2 N–H and O–H groups in total. The maximum absolute atomic E-state index is 10.6. The lowest BCUT2D eigenvalue weighted by Crippen LogP contribution is -2.43. The average molecular weight is 284 g/mol. The molecule has 0 amide bonds.